The molecular formula is C6H9ClO. The van der Waals surface area contributed by atoms with Crippen LogP contribution < -0.4 is 0 Å². The molecule has 0 aliphatic rings. The summed E-state index contributed by atoms with van der Waals surface area (Å²) >= 11 is 5.26. The fraction of sp³-hybridized carbons (Fsp3) is 0.500. The number of hydrogen-bond donors (Lipinski definition) is 0. The van der Waals surface area contributed by atoms with Gasteiger partial charge in [0.2, 0.25) is 0 Å². The molecule has 0 radical (unpaired) electrons. The van der Waals surface area contributed by atoms with Crippen molar-refractivity contribution < 1.29 is 4.79 Å². The molecule has 2 heteroatoms. The highest BCUT2D eigenvalue weighted by molar-refractivity contribution is 6.19. The third-order valence-electron chi connectivity index (χ3n) is 0.741. The SMILES string of the molecule is CCC(=O)C=CCCl. The molecule has 0 saturated heterocycles. The molecule has 0 aromatic heterocycles. The third kappa shape index (κ3) is 3.88. The van der Waals surface area contributed by atoms with Crippen LogP contribution in [-0.4, -0.2) is 11.7 Å². The predicted octanol–water partition coefficient (Wildman–Crippen LogP) is 1.76. The first-order valence-electron chi connectivity index (χ1n) is 2.56. The minimum Gasteiger partial charge on any atom is -0.295 e. The van der Waals surface area contributed by atoms with E-state index in [1.54, 1.807) is 6.08 Å². The summed E-state index contributed by atoms with van der Waals surface area (Å²) in [4.78, 5) is 10.4. The summed E-state index contributed by atoms with van der Waals surface area (Å²) in [5.74, 6) is 0.553. The maximum Gasteiger partial charge on any atom is 0.155 e. The largest absolute Gasteiger partial charge is 0.295 e. The Morgan fingerprint density at radius 3 is 2.75 bits per heavy atom. The second-order valence-corrected chi connectivity index (χ2v) is 1.69. The molecule has 0 spiro atoms. The van der Waals surface area contributed by atoms with Gasteiger partial charge >= 0.3 is 0 Å². The Kier molecular flexibility index (Phi) is 4.67. The van der Waals surface area contributed by atoms with Crippen LogP contribution in [0.5, 0.6) is 0 Å². The van der Waals surface area contributed by atoms with Crippen molar-refractivity contribution in [3.63, 3.8) is 0 Å². The number of allylic oxidation sites excluding steroid dienone is 2. The molecule has 0 unspecified atom stereocenters. The van der Waals surface area contributed by atoms with E-state index in [2.05, 4.69) is 0 Å². The number of hydrogen-bond acceptors (Lipinski definition) is 1. The molecule has 8 heavy (non-hydrogen) atoms. The average molecular weight is 133 g/mol. The lowest BCUT2D eigenvalue weighted by Gasteiger charge is -1.80. The predicted molar refractivity (Wildman–Crippen MR) is 35.2 cm³/mol. The Balaban J connectivity index is 3.37. The average Bonchev–Trinajstić information content (AvgIpc) is 1.83. The summed E-state index contributed by atoms with van der Waals surface area (Å²) in [6, 6.07) is 0. The Morgan fingerprint density at radius 2 is 2.38 bits per heavy atom. The van der Waals surface area contributed by atoms with Crippen LogP contribution in [0.4, 0.5) is 0 Å². The van der Waals surface area contributed by atoms with E-state index in [-0.39, 0.29) is 5.78 Å². The maximum absolute atomic E-state index is 10.4. The highest BCUT2D eigenvalue weighted by Gasteiger charge is 1.85. The van der Waals surface area contributed by atoms with Crippen molar-refractivity contribution in [1.82, 2.24) is 0 Å². The van der Waals surface area contributed by atoms with E-state index in [1.807, 2.05) is 6.92 Å². The van der Waals surface area contributed by atoms with Crippen molar-refractivity contribution in [2.45, 2.75) is 13.3 Å². The number of ketones is 1. The third-order valence-corrected chi connectivity index (χ3v) is 0.919. The zero-order chi connectivity index (χ0) is 6.41. The number of carbonyl (C=O) groups is 1. The van der Waals surface area contributed by atoms with Gasteiger partial charge in [-0.25, -0.2) is 0 Å². The number of halogens is 1. The van der Waals surface area contributed by atoms with E-state index in [1.165, 1.54) is 6.08 Å². The lowest BCUT2D eigenvalue weighted by Crippen LogP contribution is -1.86. The van der Waals surface area contributed by atoms with Crippen LogP contribution >= 0.6 is 11.6 Å². The summed E-state index contributed by atoms with van der Waals surface area (Å²) < 4.78 is 0. The van der Waals surface area contributed by atoms with E-state index >= 15 is 0 Å². The minimum atomic E-state index is 0.130. The van der Waals surface area contributed by atoms with Crippen molar-refractivity contribution in [3.05, 3.63) is 12.2 Å². The van der Waals surface area contributed by atoms with Crippen LogP contribution in [0, 0.1) is 0 Å². The van der Waals surface area contributed by atoms with E-state index in [0.717, 1.165) is 0 Å². The molecule has 0 aromatic carbocycles. The van der Waals surface area contributed by atoms with Gasteiger partial charge in [-0.3, -0.25) is 4.79 Å². The summed E-state index contributed by atoms with van der Waals surface area (Å²) in [5.41, 5.74) is 0. The molecule has 0 aromatic rings. The molecule has 0 fully saturated rings. The molecule has 0 N–H and O–H groups in total. The van der Waals surface area contributed by atoms with Gasteiger partial charge in [0.15, 0.2) is 5.78 Å². The summed E-state index contributed by atoms with van der Waals surface area (Å²) in [6.07, 6.45) is 3.72. The Hall–Kier alpha value is -0.300. The van der Waals surface area contributed by atoms with Crippen molar-refractivity contribution in [1.29, 1.82) is 0 Å². The van der Waals surface area contributed by atoms with Crippen LogP contribution in [0.15, 0.2) is 12.2 Å². The summed E-state index contributed by atoms with van der Waals surface area (Å²) in [7, 11) is 0. The monoisotopic (exact) mass is 132 g/mol. The molecule has 0 amide bonds. The smallest absolute Gasteiger partial charge is 0.155 e. The molecule has 1 nitrogen and oxygen atoms in total. The molecule has 0 aliphatic carbocycles. The first kappa shape index (κ1) is 7.70. The second kappa shape index (κ2) is 4.85. The molecule has 0 bridgehead atoms. The Morgan fingerprint density at radius 1 is 1.75 bits per heavy atom. The fourth-order valence-corrected chi connectivity index (χ4v) is 0.383. The standard InChI is InChI=1S/C6H9ClO/c1-2-6(8)4-3-5-7/h3-4H,2,5H2,1H3. The molecule has 0 saturated carbocycles. The fourth-order valence-electron chi connectivity index (χ4n) is 0.294. The van der Waals surface area contributed by atoms with Gasteiger partial charge in [-0.15, -0.1) is 11.6 Å². The van der Waals surface area contributed by atoms with E-state index < -0.39 is 0 Å². The molecule has 0 heterocycles. The van der Waals surface area contributed by atoms with Gasteiger partial charge in [0.25, 0.3) is 0 Å². The summed E-state index contributed by atoms with van der Waals surface area (Å²) in [6.45, 7) is 1.82. The number of carbonyl (C=O) groups excluding carboxylic acids is 1. The maximum atomic E-state index is 10.4. The molecule has 46 valence electrons. The molecular weight excluding hydrogens is 124 g/mol. The Labute approximate surface area is 54.3 Å². The van der Waals surface area contributed by atoms with Gasteiger partial charge in [0.05, 0.1) is 0 Å². The van der Waals surface area contributed by atoms with Gasteiger partial charge in [-0.05, 0) is 6.08 Å². The van der Waals surface area contributed by atoms with Gasteiger partial charge in [0, 0.05) is 12.3 Å². The van der Waals surface area contributed by atoms with Crippen molar-refractivity contribution in [2.75, 3.05) is 5.88 Å². The van der Waals surface area contributed by atoms with Crippen LogP contribution in [0.25, 0.3) is 0 Å². The summed E-state index contributed by atoms with van der Waals surface area (Å²) in [5, 5.41) is 0. The number of alkyl halides is 1. The Bertz CT molecular complexity index is 96.7. The van der Waals surface area contributed by atoms with Gasteiger partial charge in [-0.2, -0.15) is 0 Å². The van der Waals surface area contributed by atoms with Crippen molar-refractivity contribution in [2.24, 2.45) is 0 Å². The van der Waals surface area contributed by atoms with Crippen LogP contribution in [0.1, 0.15) is 13.3 Å². The van der Waals surface area contributed by atoms with Crippen molar-refractivity contribution in [3.8, 4) is 0 Å². The quantitative estimate of drug-likeness (QED) is 0.423. The second-order valence-electron chi connectivity index (χ2n) is 1.38. The van der Waals surface area contributed by atoms with Crippen LogP contribution in [0.2, 0.25) is 0 Å². The molecule has 0 atom stereocenters. The van der Waals surface area contributed by atoms with E-state index in [9.17, 15) is 4.79 Å². The van der Waals surface area contributed by atoms with Gasteiger partial charge in [0.1, 0.15) is 0 Å². The first-order chi connectivity index (χ1) is 3.81. The van der Waals surface area contributed by atoms with Gasteiger partial charge < -0.3 is 0 Å². The molecule has 0 aliphatic heterocycles. The topological polar surface area (TPSA) is 17.1 Å². The number of rotatable bonds is 3. The lowest BCUT2D eigenvalue weighted by atomic mass is 10.3. The highest BCUT2D eigenvalue weighted by atomic mass is 35.5. The minimum absolute atomic E-state index is 0.130. The highest BCUT2D eigenvalue weighted by Crippen LogP contribution is 1.84. The zero-order valence-electron chi connectivity index (χ0n) is 4.86. The first-order valence-corrected chi connectivity index (χ1v) is 3.10. The van der Waals surface area contributed by atoms with Crippen molar-refractivity contribution >= 4 is 17.4 Å². The lowest BCUT2D eigenvalue weighted by molar-refractivity contribution is -0.114. The van der Waals surface area contributed by atoms with E-state index in [0.29, 0.717) is 12.3 Å². The normalized spacial score (nSPS) is 10.2. The van der Waals surface area contributed by atoms with Crippen LogP contribution in [-0.2, 0) is 4.79 Å². The molecule has 0 rings (SSSR count). The van der Waals surface area contributed by atoms with E-state index in [4.69, 9.17) is 11.6 Å². The zero-order valence-corrected chi connectivity index (χ0v) is 5.61. The van der Waals surface area contributed by atoms with Crippen LogP contribution in [0.3, 0.4) is 0 Å². The van der Waals surface area contributed by atoms with Gasteiger partial charge in [-0.1, -0.05) is 13.0 Å².